The number of hydrogen-bond donors (Lipinski definition) is 1. The first-order chi connectivity index (χ1) is 12.1. The molecular weight excluding hydrogens is 353 g/mol. The predicted octanol–water partition coefficient (Wildman–Crippen LogP) is 4.09. The maximum Gasteiger partial charge on any atom is 0.418 e. The molecule has 0 saturated heterocycles. The fraction of sp³-hybridized carbons (Fsp3) is 0.235. The maximum atomic E-state index is 13.2. The van der Waals surface area contributed by atoms with Crippen molar-refractivity contribution in [2.45, 2.75) is 20.0 Å². The van der Waals surface area contributed by atoms with Crippen molar-refractivity contribution in [1.29, 1.82) is 5.26 Å². The van der Waals surface area contributed by atoms with Crippen LogP contribution < -0.4 is 9.47 Å². The molecule has 0 bridgehead atoms. The van der Waals surface area contributed by atoms with Crippen molar-refractivity contribution in [2.24, 2.45) is 0 Å². The van der Waals surface area contributed by atoms with Crippen molar-refractivity contribution in [1.82, 2.24) is 4.98 Å². The summed E-state index contributed by atoms with van der Waals surface area (Å²) in [6, 6.07) is 5.97. The van der Waals surface area contributed by atoms with Crippen LogP contribution in [0.4, 0.5) is 13.2 Å². The number of carbonyl (C=O) groups is 1. The molecule has 136 valence electrons. The van der Waals surface area contributed by atoms with Gasteiger partial charge in [-0.1, -0.05) is 0 Å². The average molecular weight is 366 g/mol. The minimum absolute atomic E-state index is 0.0139. The molecule has 1 aromatic carbocycles. The van der Waals surface area contributed by atoms with Crippen LogP contribution in [0, 0.1) is 25.2 Å². The molecule has 0 aliphatic rings. The number of carboxylic acids is 1. The van der Waals surface area contributed by atoms with Crippen molar-refractivity contribution < 1.29 is 32.5 Å². The first kappa shape index (κ1) is 19.1. The van der Waals surface area contributed by atoms with Crippen molar-refractivity contribution >= 4 is 5.97 Å². The molecule has 1 aromatic heterocycles. The van der Waals surface area contributed by atoms with Gasteiger partial charge in [-0.2, -0.15) is 18.4 Å². The smallest absolute Gasteiger partial charge is 0.418 e. The number of ether oxygens (including phenoxy) is 2. The molecule has 0 saturated carbocycles. The fourth-order valence-electron chi connectivity index (χ4n) is 2.49. The third kappa shape index (κ3) is 3.54. The normalized spacial score (nSPS) is 11.0. The van der Waals surface area contributed by atoms with E-state index in [1.165, 1.54) is 25.3 Å². The molecule has 0 atom stereocenters. The van der Waals surface area contributed by atoms with E-state index >= 15 is 0 Å². The highest BCUT2D eigenvalue weighted by molar-refractivity contribution is 5.92. The Bertz CT molecular complexity index is 918. The van der Waals surface area contributed by atoms with Crippen molar-refractivity contribution in [3.05, 3.63) is 46.1 Å². The van der Waals surface area contributed by atoms with Gasteiger partial charge in [-0.3, -0.25) is 0 Å². The molecule has 2 rings (SSSR count). The fourth-order valence-corrected chi connectivity index (χ4v) is 2.49. The number of aryl methyl sites for hydroxylation is 1. The van der Waals surface area contributed by atoms with Crippen LogP contribution >= 0.6 is 0 Å². The molecule has 0 aliphatic carbocycles. The van der Waals surface area contributed by atoms with Crippen molar-refractivity contribution in [3.8, 4) is 23.4 Å². The number of carboxylic acid groups (broad SMARTS) is 1. The van der Waals surface area contributed by atoms with Gasteiger partial charge in [-0.25, -0.2) is 9.78 Å². The number of pyridine rings is 1. The summed E-state index contributed by atoms with van der Waals surface area (Å²) in [5.74, 6) is -1.98. The Hall–Kier alpha value is -3.28. The van der Waals surface area contributed by atoms with E-state index in [1.807, 2.05) is 6.07 Å². The molecule has 0 spiro atoms. The van der Waals surface area contributed by atoms with Crippen LogP contribution in [-0.2, 0) is 6.18 Å². The Kier molecular flexibility index (Phi) is 5.07. The summed E-state index contributed by atoms with van der Waals surface area (Å²) in [6.07, 6.45) is -4.75. The molecule has 6 nitrogen and oxygen atoms in total. The van der Waals surface area contributed by atoms with Crippen LogP contribution in [0.5, 0.6) is 17.4 Å². The van der Waals surface area contributed by atoms with Gasteiger partial charge in [0.25, 0.3) is 0 Å². The highest BCUT2D eigenvalue weighted by Gasteiger charge is 2.38. The Morgan fingerprint density at radius 3 is 2.42 bits per heavy atom. The number of hydrogen-bond acceptors (Lipinski definition) is 5. The zero-order valence-electron chi connectivity index (χ0n) is 13.9. The Labute approximate surface area is 146 Å². The zero-order valence-corrected chi connectivity index (χ0v) is 13.9. The molecule has 26 heavy (non-hydrogen) atoms. The summed E-state index contributed by atoms with van der Waals surface area (Å²) >= 11 is 0. The summed E-state index contributed by atoms with van der Waals surface area (Å²) in [5.41, 5.74) is -2.47. The lowest BCUT2D eigenvalue weighted by Crippen LogP contribution is -2.16. The molecule has 2 aromatic rings. The van der Waals surface area contributed by atoms with Crippen molar-refractivity contribution in [3.63, 3.8) is 0 Å². The van der Waals surface area contributed by atoms with Crippen LogP contribution in [0.15, 0.2) is 18.2 Å². The van der Waals surface area contributed by atoms with Gasteiger partial charge in [-0.15, -0.1) is 0 Å². The number of nitriles is 1. The van der Waals surface area contributed by atoms with Crippen LogP contribution in [0.2, 0.25) is 0 Å². The molecule has 0 radical (unpaired) electrons. The number of aromatic nitrogens is 1. The average Bonchev–Trinajstić information content (AvgIpc) is 2.53. The number of rotatable bonds is 4. The van der Waals surface area contributed by atoms with Gasteiger partial charge in [0.05, 0.1) is 30.0 Å². The number of halogens is 3. The van der Waals surface area contributed by atoms with Gasteiger partial charge >= 0.3 is 12.1 Å². The predicted molar refractivity (Wildman–Crippen MR) is 83.5 cm³/mol. The number of nitrogens with zero attached hydrogens (tertiary/aromatic N) is 2. The highest BCUT2D eigenvalue weighted by atomic mass is 19.4. The lowest BCUT2D eigenvalue weighted by molar-refractivity contribution is -0.138. The van der Waals surface area contributed by atoms with E-state index in [0.717, 1.165) is 13.8 Å². The Balaban J connectivity index is 2.65. The molecule has 0 amide bonds. The number of alkyl halides is 3. The lowest BCUT2D eigenvalue weighted by atomic mass is 10.0. The van der Waals surface area contributed by atoms with Gasteiger partial charge in [0, 0.05) is 6.07 Å². The monoisotopic (exact) mass is 366 g/mol. The summed E-state index contributed by atoms with van der Waals surface area (Å²) in [5, 5.41) is 18.2. The standard InChI is InChI=1S/C17H13F3N2O4/c1-8-13(16(23)24)15(22-9(2)14(8)17(18,19)20)26-11-5-4-10(7-21)6-12(11)25-3/h4-6H,1-3H3,(H,23,24). The van der Waals surface area contributed by atoms with E-state index in [4.69, 9.17) is 14.7 Å². The van der Waals surface area contributed by atoms with E-state index in [1.54, 1.807) is 0 Å². The minimum atomic E-state index is -4.75. The molecule has 0 unspecified atom stereocenters. The molecule has 0 fully saturated rings. The summed E-state index contributed by atoms with van der Waals surface area (Å²) in [4.78, 5) is 15.2. The van der Waals surface area contributed by atoms with Gasteiger partial charge in [0.15, 0.2) is 11.5 Å². The molecule has 1 heterocycles. The van der Waals surface area contributed by atoms with Crippen LogP contribution in [0.1, 0.15) is 32.7 Å². The summed E-state index contributed by atoms with van der Waals surface area (Å²) in [7, 11) is 1.30. The van der Waals surface area contributed by atoms with Gasteiger partial charge in [-0.05, 0) is 31.5 Å². The van der Waals surface area contributed by atoms with E-state index in [9.17, 15) is 23.1 Å². The maximum absolute atomic E-state index is 13.2. The molecule has 1 N–H and O–H groups in total. The third-order valence-electron chi connectivity index (χ3n) is 3.59. The highest BCUT2D eigenvalue weighted by Crippen LogP contribution is 2.39. The van der Waals surface area contributed by atoms with E-state index < -0.39 is 40.4 Å². The third-order valence-corrected chi connectivity index (χ3v) is 3.59. The summed E-state index contributed by atoms with van der Waals surface area (Å²) in [6.45, 7) is 2.16. The Morgan fingerprint density at radius 2 is 1.92 bits per heavy atom. The number of methoxy groups -OCH3 is 1. The van der Waals surface area contributed by atoms with Gasteiger partial charge in [0.1, 0.15) is 5.56 Å². The van der Waals surface area contributed by atoms with E-state index in [2.05, 4.69) is 4.98 Å². The van der Waals surface area contributed by atoms with E-state index in [0.29, 0.717) is 0 Å². The number of aromatic carboxylic acids is 1. The first-order valence-electron chi connectivity index (χ1n) is 7.17. The zero-order chi connectivity index (χ0) is 19.6. The lowest BCUT2D eigenvalue weighted by Gasteiger charge is -2.18. The molecule has 9 heteroatoms. The Morgan fingerprint density at radius 1 is 1.27 bits per heavy atom. The SMILES string of the molecule is COc1cc(C#N)ccc1Oc1nc(C)c(C(F)(F)F)c(C)c1C(=O)O. The van der Waals surface area contributed by atoms with E-state index in [-0.39, 0.29) is 17.1 Å². The molecule has 0 aliphatic heterocycles. The van der Waals surface area contributed by atoms with Crippen LogP contribution in [0.3, 0.4) is 0 Å². The quantitative estimate of drug-likeness (QED) is 0.876. The second-order valence-electron chi connectivity index (χ2n) is 5.26. The second kappa shape index (κ2) is 6.92. The second-order valence-corrected chi connectivity index (χ2v) is 5.26. The topological polar surface area (TPSA) is 92.4 Å². The van der Waals surface area contributed by atoms with Gasteiger partial charge in [0.2, 0.25) is 5.88 Å². The van der Waals surface area contributed by atoms with Crippen molar-refractivity contribution in [2.75, 3.05) is 7.11 Å². The summed E-state index contributed by atoms with van der Waals surface area (Å²) < 4.78 is 50.1. The van der Waals surface area contributed by atoms with Gasteiger partial charge < -0.3 is 14.6 Å². The van der Waals surface area contributed by atoms with Crippen LogP contribution in [0.25, 0.3) is 0 Å². The molecular formula is C17H13F3N2O4. The largest absolute Gasteiger partial charge is 0.493 e. The minimum Gasteiger partial charge on any atom is -0.493 e. The van der Waals surface area contributed by atoms with Crippen LogP contribution in [-0.4, -0.2) is 23.2 Å². The number of benzene rings is 1. The first-order valence-corrected chi connectivity index (χ1v) is 7.17.